The Morgan fingerprint density at radius 2 is 2.21 bits per heavy atom. The quantitative estimate of drug-likeness (QED) is 0.664. The first-order valence-corrected chi connectivity index (χ1v) is 4.81. The molecule has 0 amide bonds. The molecule has 2 rings (SSSR count). The Hall–Kier alpha value is -1.51. The van der Waals surface area contributed by atoms with Crippen molar-refractivity contribution in [1.82, 2.24) is 5.43 Å². The van der Waals surface area contributed by atoms with Crippen LogP contribution in [0.3, 0.4) is 0 Å². The molecule has 0 spiro atoms. The minimum absolute atomic E-state index is 0.304. The summed E-state index contributed by atoms with van der Waals surface area (Å²) in [5, 5.41) is 4.17. The lowest BCUT2D eigenvalue weighted by Crippen LogP contribution is -2.10. The SMILES string of the molecule is CC1=NNC(c2ccc(C)c(N)c2)C1. The zero-order chi connectivity index (χ0) is 10.1. The second-order valence-corrected chi connectivity index (χ2v) is 3.85. The minimum Gasteiger partial charge on any atom is -0.399 e. The van der Waals surface area contributed by atoms with E-state index in [-0.39, 0.29) is 0 Å². The van der Waals surface area contributed by atoms with Gasteiger partial charge in [-0.3, -0.25) is 0 Å². The average molecular weight is 189 g/mol. The van der Waals surface area contributed by atoms with Gasteiger partial charge in [0, 0.05) is 17.8 Å². The van der Waals surface area contributed by atoms with Gasteiger partial charge in [0.2, 0.25) is 0 Å². The Morgan fingerprint density at radius 3 is 2.79 bits per heavy atom. The summed E-state index contributed by atoms with van der Waals surface area (Å²) in [6.07, 6.45) is 0.975. The van der Waals surface area contributed by atoms with Crippen LogP contribution in [-0.4, -0.2) is 5.71 Å². The Bertz CT molecular complexity index is 382. The number of rotatable bonds is 1. The van der Waals surface area contributed by atoms with Crippen LogP contribution in [0.4, 0.5) is 5.69 Å². The van der Waals surface area contributed by atoms with Crippen LogP contribution in [0.25, 0.3) is 0 Å². The Balaban J connectivity index is 2.22. The third-order valence-electron chi connectivity index (χ3n) is 2.62. The molecule has 1 heterocycles. The van der Waals surface area contributed by atoms with Gasteiger partial charge < -0.3 is 11.2 Å². The molecule has 0 aliphatic carbocycles. The zero-order valence-electron chi connectivity index (χ0n) is 8.54. The molecular formula is C11H15N3. The van der Waals surface area contributed by atoms with E-state index in [2.05, 4.69) is 22.7 Å². The molecule has 3 heteroatoms. The van der Waals surface area contributed by atoms with Crippen molar-refractivity contribution < 1.29 is 0 Å². The number of hydrogen-bond donors (Lipinski definition) is 2. The third-order valence-corrected chi connectivity index (χ3v) is 2.62. The van der Waals surface area contributed by atoms with Crippen molar-refractivity contribution >= 4 is 11.4 Å². The largest absolute Gasteiger partial charge is 0.399 e. The van der Waals surface area contributed by atoms with Crippen LogP contribution in [0.15, 0.2) is 23.3 Å². The van der Waals surface area contributed by atoms with Gasteiger partial charge in [0.05, 0.1) is 6.04 Å². The molecule has 0 bridgehead atoms. The average Bonchev–Trinajstić information content (AvgIpc) is 2.57. The van der Waals surface area contributed by atoms with Crippen LogP contribution in [0.2, 0.25) is 0 Å². The fourth-order valence-corrected chi connectivity index (χ4v) is 1.64. The summed E-state index contributed by atoms with van der Waals surface area (Å²) in [5.41, 5.74) is 13.3. The summed E-state index contributed by atoms with van der Waals surface area (Å²) in [6, 6.07) is 6.50. The first-order chi connectivity index (χ1) is 6.66. The molecule has 1 aliphatic heterocycles. The van der Waals surface area contributed by atoms with Crippen molar-refractivity contribution in [3.8, 4) is 0 Å². The van der Waals surface area contributed by atoms with E-state index in [4.69, 9.17) is 5.73 Å². The van der Waals surface area contributed by atoms with Crippen molar-refractivity contribution in [2.24, 2.45) is 5.10 Å². The van der Waals surface area contributed by atoms with Crippen LogP contribution in [0.1, 0.15) is 30.5 Å². The number of benzene rings is 1. The summed E-state index contributed by atoms with van der Waals surface area (Å²) in [7, 11) is 0. The summed E-state index contributed by atoms with van der Waals surface area (Å²) >= 11 is 0. The first kappa shape index (κ1) is 9.06. The van der Waals surface area contributed by atoms with E-state index in [1.54, 1.807) is 0 Å². The highest BCUT2D eigenvalue weighted by Crippen LogP contribution is 2.24. The van der Waals surface area contributed by atoms with E-state index in [0.717, 1.165) is 23.4 Å². The normalized spacial score (nSPS) is 20.4. The van der Waals surface area contributed by atoms with Gasteiger partial charge in [0.25, 0.3) is 0 Å². The van der Waals surface area contributed by atoms with Gasteiger partial charge in [-0.15, -0.1) is 0 Å². The second-order valence-electron chi connectivity index (χ2n) is 3.85. The van der Waals surface area contributed by atoms with Crippen molar-refractivity contribution in [2.45, 2.75) is 26.3 Å². The van der Waals surface area contributed by atoms with E-state index in [9.17, 15) is 0 Å². The van der Waals surface area contributed by atoms with Gasteiger partial charge in [-0.2, -0.15) is 5.10 Å². The molecule has 74 valence electrons. The monoisotopic (exact) mass is 189 g/mol. The Morgan fingerprint density at radius 1 is 1.43 bits per heavy atom. The van der Waals surface area contributed by atoms with Crippen molar-refractivity contribution in [1.29, 1.82) is 0 Å². The molecule has 0 saturated heterocycles. The van der Waals surface area contributed by atoms with Gasteiger partial charge in [0.1, 0.15) is 0 Å². The molecule has 1 unspecified atom stereocenters. The predicted octanol–water partition coefficient (Wildman–Crippen LogP) is 1.99. The van der Waals surface area contributed by atoms with E-state index < -0.39 is 0 Å². The van der Waals surface area contributed by atoms with E-state index in [0.29, 0.717) is 6.04 Å². The highest BCUT2D eigenvalue weighted by atomic mass is 15.3. The van der Waals surface area contributed by atoms with E-state index in [1.165, 1.54) is 5.56 Å². The van der Waals surface area contributed by atoms with Gasteiger partial charge in [-0.1, -0.05) is 12.1 Å². The maximum absolute atomic E-state index is 5.86. The van der Waals surface area contributed by atoms with Crippen molar-refractivity contribution in [3.63, 3.8) is 0 Å². The van der Waals surface area contributed by atoms with Gasteiger partial charge in [-0.05, 0) is 31.0 Å². The van der Waals surface area contributed by atoms with Crippen LogP contribution in [0.5, 0.6) is 0 Å². The lowest BCUT2D eigenvalue weighted by Gasteiger charge is -2.11. The fourth-order valence-electron chi connectivity index (χ4n) is 1.64. The molecule has 14 heavy (non-hydrogen) atoms. The molecule has 3 nitrogen and oxygen atoms in total. The lowest BCUT2D eigenvalue weighted by molar-refractivity contribution is 0.620. The molecular weight excluding hydrogens is 174 g/mol. The van der Waals surface area contributed by atoms with Gasteiger partial charge in [-0.25, -0.2) is 0 Å². The predicted molar refractivity (Wildman–Crippen MR) is 59.2 cm³/mol. The number of hydrogen-bond acceptors (Lipinski definition) is 3. The standard InChI is InChI=1S/C11H15N3/c1-7-3-4-9(6-10(7)12)11-5-8(2)13-14-11/h3-4,6,11,14H,5,12H2,1-2H3. The lowest BCUT2D eigenvalue weighted by atomic mass is 10.0. The molecule has 1 aliphatic rings. The summed E-state index contributed by atoms with van der Waals surface area (Å²) < 4.78 is 0. The molecule has 3 N–H and O–H groups in total. The van der Waals surface area contributed by atoms with E-state index in [1.807, 2.05) is 19.9 Å². The van der Waals surface area contributed by atoms with Crippen LogP contribution >= 0.6 is 0 Å². The van der Waals surface area contributed by atoms with Gasteiger partial charge in [0.15, 0.2) is 0 Å². The zero-order valence-corrected chi connectivity index (χ0v) is 8.54. The molecule has 0 fully saturated rings. The molecule has 0 aromatic heterocycles. The Labute approximate surface area is 84.0 Å². The maximum Gasteiger partial charge on any atom is 0.0742 e. The number of nitrogens with two attached hydrogens (primary N) is 1. The number of anilines is 1. The topological polar surface area (TPSA) is 50.4 Å². The molecule has 0 radical (unpaired) electrons. The number of nitrogen functional groups attached to an aromatic ring is 1. The summed E-state index contributed by atoms with van der Waals surface area (Å²) in [5.74, 6) is 0. The van der Waals surface area contributed by atoms with Crippen LogP contribution < -0.4 is 11.2 Å². The molecule has 1 aromatic carbocycles. The minimum atomic E-state index is 0.304. The molecule has 0 saturated carbocycles. The molecule has 1 atom stereocenters. The van der Waals surface area contributed by atoms with Crippen LogP contribution in [-0.2, 0) is 0 Å². The fraction of sp³-hybridized carbons (Fsp3) is 0.364. The number of nitrogens with one attached hydrogen (secondary N) is 1. The van der Waals surface area contributed by atoms with Crippen LogP contribution in [0, 0.1) is 6.92 Å². The van der Waals surface area contributed by atoms with Gasteiger partial charge >= 0.3 is 0 Å². The maximum atomic E-state index is 5.86. The number of nitrogens with zero attached hydrogens (tertiary/aromatic N) is 1. The van der Waals surface area contributed by atoms with Crippen molar-refractivity contribution in [3.05, 3.63) is 29.3 Å². The summed E-state index contributed by atoms with van der Waals surface area (Å²) in [6.45, 7) is 4.05. The van der Waals surface area contributed by atoms with E-state index >= 15 is 0 Å². The number of aryl methyl sites for hydroxylation is 1. The second kappa shape index (κ2) is 3.33. The first-order valence-electron chi connectivity index (χ1n) is 4.81. The third kappa shape index (κ3) is 1.58. The summed E-state index contributed by atoms with van der Waals surface area (Å²) in [4.78, 5) is 0. The highest BCUT2D eigenvalue weighted by Gasteiger charge is 2.17. The highest BCUT2D eigenvalue weighted by molar-refractivity contribution is 5.83. The number of hydrazone groups is 1. The molecule has 1 aromatic rings. The Kier molecular flexibility index (Phi) is 2.15. The van der Waals surface area contributed by atoms with Crippen molar-refractivity contribution in [2.75, 3.05) is 5.73 Å². The smallest absolute Gasteiger partial charge is 0.0742 e.